The molecule has 0 saturated carbocycles. The van der Waals surface area contributed by atoms with E-state index in [4.69, 9.17) is 46.4 Å². The summed E-state index contributed by atoms with van der Waals surface area (Å²) in [6.45, 7) is 3.64. The summed E-state index contributed by atoms with van der Waals surface area (Å²) in [7, 11) is -4.30. The summed E-state index contributed by atoms with van der Waals surface area (Å²) in [4.78, 5) is 29.7. The zero-order chi connectivity index (χ0) is 33.4. The van der Waals surface area contributed by atoms with E-state index in [1.54, 1.807) is 36.4 Å². The predicted octanol–water partition coefficient (Wildman–Crippen LogP) is 7.91. The number of anilines is 1. The van der Waals surface area contributed by atoms with Crippen molar-refractivity contribution < 1.29 is 18.0 Å². The molecule has 0 spiro atoms. The summed E-state index contributed by atoms with van der Waals surface area (Å²) >= 11 is 24.8. The Morgan fingerprint density at radius 1 is 0.761 bits per heavy atom. The van der Waals surface area contributed by atoms with Gasteiger partial charge in [-0.1, -0.05) is 103 Å². The second-order valence-corrected chi connectivity index (χ2v) is 14.6. The first-order valence-corrected chi connectivity index (χ1v) is 17.4. The van der Waals surface area contributed by atoms with Crippen molar-refractivity contribution in [2.24, 2.45) is 5.92 Å². The fourth-order valence-electron chi connectivity index (χ4n) is 4.70. The van der Waals surface area contributed by atoms with Crippen LogP contribution in [0.4, 0.5) is 5.69 Å². The van der Waals surface area contributed by atoms with Gasteiger partial charge in [-0.15, -0.1) is 0 Å². The van der Waals surface area contributed by atoms with Gasteiger partial charge in [-0.3, -0.25) is 13.9 Å². The van der Waals surface area contributed by atoms with Crippen molar-refractivity contribution in [1.82, 2.24) is 10.2 Å². The number of hydrogen-bond acceptors (Lipinski definition) is 4. The largest absolute Gasteiger partial charge is 0.354 e. The quantitative estimate of drug-likeness (QED) is 0.152. The summed E-state index contributed by atoms with van der Waals surface area (Å²) in [5.41, 5.74) is 1.60. The maximum Gasteiger partial charge on any atom is 0.264 e. The Balaban J connectivity index is 1.81. The third kappa shape index (κ3) is 9.39. The zero-order valence-corrected chi connectivity index (χ0v) is 29.0. The average molecular weight is 722 g/mol. The molecule has 0 fully saturated rings. The number of halogens is 4. The highest BCUT2D eigenvalue weighted by Gasteiger charge is 2.35. The molecular weight excluding hydrogens is 688 g/mol. The normalized spacial score (nSPS) is 12.1. The van der Waals surface area contributed by atoms with Crippen molar-refractivity contribution in [2.45, 2.75) is 37.8 Å². The number of carbonyl (C=O) groups is 2. The Morgan fingerprint density at radius 3 is 2.09 bits per heavy atom. The molecule has 4 aromatic rings. The van der Waals surface area contributed by atoms with Gasteiger partial charge in [0.2, 0.25) is 11.8 Å². The van der Waals surface area contributed by atoms with Gasteiger partial charge < -0.3 is 10.2 Å². The lowest BCUT2D eigenvalue weighted by Gasteiger charge is -2.34. The SMILES string of the molecule is CC(C)CNC(=O)[C@H](Cc1ccccc1)N(Cc1ccc(Cl)c(Cl)c1)C(=O)CN(c1cccc(Cl)c1)S(=O)(=O)c1ccc(Cl)cc1. The van der Waals surface area contributed by atoms with Gasteiger partial charge in [-0.2, -0.15) is 0 Å². The second kappa shape index (κ2) is 16.0. The van der Waals surface area contributed by atoms with Crippen molar-refractivity contribution >= 4 is 73.9 Å². The minimum absolute atomic E-state index is 0.0489. The lowest BCUT2D eigenvalue weighted by Crippen LogP contribution is -2.53. The number of nitrogens with one attached hydrogen (secondary N) is 1. The Bertz CT molecular complexity index is 1770. The molecule has 0 unspecified atom stereocenters. The number of sulfonamides is 1. The highest BCUT2D eigenvalue weighted by Crippen LogP contribution is 2.29. The molecule has 46 heavy (non-hydrogen) atoms. The van der Waals surface area contributed by atoms with E-state index >= 15 is 0 Å². The van der Waals surface area contributed by atoms with Crippen LogP contribution in [0, 0.1) is 5.92 Å². The number of hydrogen-bond donors (Lipinski definition) is 1. The second-order valence-electron chi connectivity index (χ2n) is 11.1. The molecule has 0 aliphatic heterocycles. The molecule has 1 atom stereocenters. The third-order valence-corrected chi connectivity index (χ3v) is 10.1. The van der Waals surface area contributed by atoms with E-state index in [9.17, 15) is 18.0 Å². The monoisotopic (exact) mass is 719 g/mol. The molecular formula is C34H33Cl4N3O4S. The molecule has 2 amide bonds. The van der Waals surface area contributed by atoms with Crippen LogP contribution in [-0.4, -0.2) is 44.3 Å². The van der Waals surface area contributed by atoms with E-state index in [0.717, 1.165) is 9.87 Å². The molecule has 4 aromatic carbocycles. The smallest absolute Gasteiger partial charge is 0.264 e. The molecule has 0 aromatic heterocycles. The molecule has 0 heterocycles. The lowest BCUT2D eigenvalue weighted by atomic mass is 10.0. The first-order valence-electron chi connectivity index (χ1n) is 14.4. The number of nitrogens with zero attached hydrogens (tertiary/aromatic N) is 2. The Hall–Kier alpha value is -3.27. The molecule has 1 N–H and O–H groups in total. The first kappa shape index (κ1) is 35.6. The average Bonchev–Trinajstić information content (AvgIpc) is 3.02. The Labute approximate surface area is 290 Å². The van der Waals surface area contributed by atoms with E-state index in [1.165, 1.54) is 35.2 Å². The van der Waals surface area contributed by atoms with Crippen LogP contribution in [-0.2, 0) is 32.6 Å². The van der Waals surface area contributed by atoms with Crippen LogP contribution >= 0.6 is 46.4 Å². The number of rotatable bonds is 13. The van der Waals surface area contributed by atoms with E-state index in [2.05, 4.69) is 5.32 Å². The van der Waals surface area contributed by atoms with Crippen molar-refractivity contribution in [3.8, 4) is 0 Å². The highest BCUT2D eigenvalue weighted by atomic mass is 35.5. The van der Waals surface area contributed by atoms with Gasteiger partial charge in [0.15, 0.2) is 0 Å². The lowest BCUT2D eigenvalue weighted by molar-refractivity contribution is -0.140. The van der Waals surface area contributed by atoms with Crippen LogP contribution in [0.1, 0.15) is 25.0 Å². The summed E-state index contributed by atoms with van der Waals surface area (Å²) in [5, 5.41) is 4.20. The van der Waals surface area contributed by atoms with Gasteiger partial charge in [0.1, 0.15) is 12.6 Å². The molecule has 7 nitrogen and oxygen atoms in total. The van der Waals surface area contributed by atoms with Crippen LogP contribution in [0.3, 0.4) is 0 Å². The number of benzene rings is 4. The predicted molar refractivity (Wildman–Crippen MR) is 186 cm³/mol. The summed E-state index contributed by atoms with van der Waals surface area (Å²) in [6.07, 6.45) is 0.179. The minimum Gasteiger partial charge on any atom is -0.354 e. The molecule has 12 heteroatoms. The van der Waals surface area contributed by atoms with Crippen LogP contribution in [0.5, 0.6) is 0 Å². The third-order valence-electron chi connectivity index (χ3n) is 7.07. The van der Waals surface area contributed by atoms with Gasteiger partial charge in [0.05, 0.1) is 20.6 Å². The van der Waals surface area contributed by atoms with Crippen molar-refractivity contribution in [3.63, 3.8) is 0 Å². The molecule has 242 valence electrons. The standard InChI is InChI=1S/C34H33Cl4N3O4S/c1-23(2)20-39-34(43)32(18-24-7-4-3-5-8-24)40(21-25-11-16-30(37)31(38)17-25)33(42)22-41(28-10-6-9-27(36)19-28)46(44,45)29-14-12-26(35)13-15-29/h3-17,19,23,32H,18,20-22H2,1-2H3,(H,39,43)/t32-/m0/s1. The molecule has 0 radical (unpaired) electrons. The van der Waals surface area contributed by atoms with Gasteiger partial charge in [0.25, 0.3) is 10.0 Å². The molecule has 0 saturated heterocycles. The summed E-state index contributed by atoms with van der Waals surface area (Å²) in [6, 6.07) is 25.1. The maximum absolute atomic E-state index is 14.5. The fourth-order valence-corrected chi connectivity index (χ4v) is 6.74. The Morgan fingerprint density at radius 2 is 1.46 bits per heavy atom. The molecule has 4 rings (SSSR count). The van der Waals surface area contributed by atoms with E-state index in [-0.39, 0.29) is 45.4 Å². The van der Waals surface area contributed by atoms with Crippen molar-refractivity contribution in [2.75, 3.05) is 17.4 Å². The summed E-state index contributed by atoms with van der Waals surface area (Å²) in [5.74, 6) is -0.839. The minimum atomic E-state index is -4.30. The Kier molecular flexibility index (Phi) is 12.4. The van der Waals surface area contributed by atoms with Gasteiger partial charge in [0, 0.05) is 29.6 Å². The van der Waals surface area contributed by atoms with Gasteiger partial charge >= 0.3 is 0 Å². The number of carbonyl (C=O) groups excluding carboxylic acids is 2. The summed E-state index contributed by atoms with van der Waals surface area (Å²) < 4.78 is 29.2. The van der Waals surface area contributed by atoms with E-state index < -0.39 is 28.5 Å². The fraction of sp³-hybridized carbons (Fsp3) is 0.235. The van der Waals surface area contributed by atoms with Gasteiger partial charge in [-0.05, 0) is 71.6 Å². The zero-order valence-electron chi connectivity index (χ0n) is 25.2. The molecule has 0 bridgehead atoms. The highest BCUT2D eigenvalue weighted by molar-refractivity contribution is 7.92. The maximum atomic E-state index is 14.5. The molecule has 0 aliphatic carbocycles. The van der Waals surface area contributed by atoms with E-state index in [1.807, 2.05) is 44.2 Å². The first-order chi connectivity index (χ1) is 21.8. The topological polar surface area (TPSA) is 86.8 Å². The van der Waals surface area contributed by atoms with Crippen LogP contribution in [0.15, 0.2) is 102 Å². The van der Waals surface area contributed by atoms with Crippen molar-refractivity contribution in [1.29, 1.82) is 0 Å². The van der Waals surface area contributed by atoms with Crippen LogP contribution in [0.25, 0.3) is 0 Å². The number of amides is 2. The van der Waals surface area contributed by atoms with Gasteiger partial charge in [-0.25, -0.2) is 8.42 Å². The van der Waals surface area contributed by atoms with Crippen LogP contribution < -0.4 is 9.62 Å². The molecule has 0 aliphatic rings. The van der Waals surface area contributed by atoms with Crippen LogP contribution in [0.2, 0.25) is 20.1 Å². The van der Waals surface area contributed by atoms with Crippen molar-refractivity contribution in [3.05, 3.63) is 128 Å². The van der Waals surface area contributed by atoms with E-state index in [0.29, 0.717) is 22.2 Å².